The SMILES string of the molecule is Clc1ccc(-c2cccc3c(-c4ccccc4)c(-c4ccccc4)c(-c4ccccc4)c(-c4ccccc4)c23)cc1. The van der Waals surface area contributed by atoms with Crippen molar-refractivity contribution < 1.29 is 0 Å². The molecular formula is C40H27Cl. The standard InChI is InChI=1S/C40H27Cl/c41-33-26-24-28(25-27-33)34-22-13-23-35-36(29-14-5-1-6-15-29)37(30-16-7-2-8-17-30)38(31-18-9-3-10-19-31)39(40(34)35)32-20-11-4-12-21-32/h1-27H. The predicted octanol–water partition coefficient (Wildman–Crippen LogP) is 11.8. The normalized spacial score (nSPS) is 11.0. The number of fused-ring (bicyclic) bond motifs is 1. The Bertz CT molecular complexity index is 1940. The van der Waals surface area contributed by atoms with Gasteiger partial charge in [0.2, 0.25) is 0 Å². The quantitative estimate of drug-likeness (QED) is 0.203. The van der Waals surface area contributed by atoms with Gasteiger partial charge < -0.3 is 0 Å². The Morgan fingerprint density at radius 1 is 0.293 bits per heavy atom. The number of hydrogen-bond donors (Lipinski definition) is 0. The van der Waals surface area contributed by atoms with E-state index in [2.05, 4.69) is 152 Å². The minimum absolute atomic E-state index is 0.735. The van der Waals surface area contributed by atoms with Gasteiger partial charge in [0.05, 0.1) is 0 Å². The number of hydrogen-bond acceptors (Lipinski definition) is 0. The molecule has 0 aliphatic carbocycles. The molecule has 0 atom stereocenters. The molecule has 0 unspecified atom stereocenters. The van der Waals surface area contributed by atoms with E-state index in [0.29, 0.717) is 0 Å². The summed E-state index contributed by atoms with van der Waals surface area (Å²) in [6, 6.07) is 58.2. The van der Waals surface area contributed by atoms with Gasteiger partial charge in [0.1, 0.15) is 0 Å². The zero-order chi connectivity index (χ0) is 27.6. The van der Waals surface area contributed by atoms with E-state index in [9.17, 15) is 0 Å². The Hall–Kier alpha value is -4.91. The van der Waals surface area contributed by atoms with Crippen LogP contribution in [-0.4, -0.2) is 0 Å². The smallest absolute Gasteiger partial charge is 0.0406 e. The summed E-state index contributed by atoms with van der Waals surface area (Å²) < 4.78 is 0. The molecule has 0 aliphatic rings. The van der Waals surface area contributed by atoms with Gasteiger partial charge in [-0.25, -0.2) is 0 Å². The summed E-state index contributed by atoms with van der Waals surface area (Å²) in [7, 11) is 0. The molecule has 0 fully saturated rings. The molecule has 0 radical (unpaired) electrons. The summed E-state index contributed by atoms with van der Waals surface area (Å²) >= 11 is 6.34. The van der Waals surface area contributed by atoms with E-state index in [1.807, 2.05) is 12.1 Å². The van der Waals surface area contributed by atoms with Crippen LogP contribution in [-0.2, 0) is 0 Å². The van der Waals surface area contributed by atoms with E-state index in [4.69, 9.17) is 11.6 Å². The zero-order valence-electron chi connectivity index (χ0n) is 22.5. The fourth-order valence-electron chi connectivity index (χ4n) is 5.99. The highest BCUT2D eigenvalue weighted by Crippen LogP contribution is 2.52. The molecule has 7 aromatic rings. The summed E-state index contributed by atoms with van der Waals surface area (Å²) in [5.41, 5.74) is 12.0. The molecule has 0 heterocycles. The van der Waals surface area contributed by atoms with Crippen LogP contribution in [0.2, 0.25) is 5.02 Å². The Labute approximate surface area is 246 Å². The van der Waals surface area contributed by atoms with Crippen molar-refractivity contribution >= 4 is 22.4 Å². The summed E-state index contributed by atoms with van der Waals surface area (Å²) in [5.74, 6) is 0. The van der Waals surface area contributed by atoms with Crippen LogP contribution in [0.5, 0.6) is 0 Å². The Balaban J connectivity index is 1.78. The molecule has 0 saturated carbocycles. The number of rotatable bonds is 5. The highest BCUT2D eigenvalue weighted by Gasteiger charge is 2.25. The lowest BCUT2D eigenvalue weighted by molar-refractivity contribution is 1.56. The highest BCUT2D eigenvalue weighted by molar-refractivity contribution is 6.30. The summed E-state index contributed by atoms with van der Waals surface area (Å²) in [6.07, 6.45) is 0. The second kappa shape index (κ2) is 10.9. The minimum Gasteiger partial charge on any atom is -0.0843 e. The minimum atomic E-state index is 0.735. The largest absolute Gasteiger partial charge is 0.0843 e. The number of benzene rings is 7. The summed E-state index contributed by atoms with van der Waals surface area (Å²) in [4.78, 5) is 0. The van der Waals surface area contributed by atoms with Crippen molar-refractivity contribution in [2.75, 3.05) is 0 Å². The molecule has 0 amide bonds. The summed E-state index contributed by atoms with van der Waals surface area (Å²) in [6.45, 7) is 0. The van der Waals surface area contributed by atoms with Crippen LogP contribution in [0, 0.1) is 0 Å². The third kappa shape index (κ3) is 4.63. The zero-order valence-corrected chi connectivity index (χ0v) is 23.2. The fraction of sp³-hybridized carbons (Fsp3) is 0. The van der Waals surface area contributed by atoms with Crippen molar-refractivity contribution in [3.05, 3.63) is 169 Å². The third-order valence-corrected chi connectivity index (χ3v) is 7.99. The lowest BCUT2D eigenvalue weighted by Crippen LogP contribution is -1.98. The highest BCUT2D eigenvalue weighted by atomic mass is 35.5. The average Bonchev–Trinajstić information content (AvgIpc) is 3.05. The van der Waals surface area contributed by atoms with Crippen LogP contribution in [0.3, 0.4) is 0 Å². The van der Waals surface area contributed by atoms with Gasteiger partial charge in [-0.15, -0.1) is 0 Å². The first-order valence-electron chi connectivity index (χ1n) is 13.9. The Morgan fingerprint density at radius 2 is 0.707 bits per heavy atom. The van der Waals surface area contributed by atoms with E-state index >= 15 is 0 Å². The maximum Gasteiger partial charge on any atom is 0.0406 e. The average molecular weight is 543 g/mol. The van der Waals surface area contributed by atoms with E-state index in [1.54, 1.807) is 0 Å². The van der Waals surface area contributed by atoms with Crippen molar-refractivity contribution in [3.63, 3.8) is 0 Å². The molecular weight excluding hydrogens is 516 g/mol. The van der Waals surface area contributed by atoms with Gasteiger partial charge in [-0.1, -0.05) is 163 Å². The molecule has 41 heavy (non-hydrogen) atoms. The fourth-order valence-corrected chi connectivity index (χ4v) is 6.12. The molecule has 0 aliphatic heterocycles. The Morgan fingerprint density at radius 3 is 1.20 bits per heavy atom. The van der Waals surface area contributed by atoms with Gasteiger partial charge in [-0.05, 0) is 78.5 Å². The van der Waals surface area contributed by atoms with E-state index < -0.39 is 0 Å². The lowest BCUT2D eigenvalue weighted by Gasteiger charge is -2.25. The molecule has 0 spiro atoms. The van der Waals surface area contributed by atoms with Gasteiger partial charge in [0, 0.05) is 5.02 Å². The molecule has 194 valence electrons. The van der Waals surface area contributed by atoms with Gasteiger partial charge in [0.15, 0.2) is 0 Å². The van der Waals surface area contributed by atoms with Crippen LogP contribution < -0.4 is 0 Å². The maximum atomic E-state index is 6.34. The first kappa shape index (κ1) is 25.1. The van der Waals surface area contributed by atoms with Crippen LogP contribution >= 0.6 is 11.6 Å². The Kier molecular flexibility index (Phi) is 6.69. The number of halogens is 1. The van der Waals surface area contributed by atoms with E-state index in [0.717, 1.165) is 10.6 Å². The van der Waals surface area contributed by atoms with Gasteiger partial charge >= 0.3 is 0 Å². The van der Waals surface area contributed by atoms with E-state index in [-0.39, 0.29) is 0 Å². The third-order valence-electron chi connectivity index (χ3n) is 7.74. The molecule has 0 saturated heterocycles. The second-order valence-corrected chi connectivity index (χ2v) is 10.6. The predicted molar refractivity (Wildman–Crippen MR) is 176 cm³/mol. The van der Waals surface area contributed by atoms with Gasteiger partial charge in [-0.3, -0.25) is 0 Å². The van der Waals surface area contributed by atoms with Crippen LogP contribution in [0.15, 0.2) is 164 Å². The summed E-state index contributed by atoms with van der Waals surface area (Å²) in [5, 5.41) is 3.19. The first-order valence-corrected chi connectivity index (χ1v) is 14.3. The van der Waals surface area contributed by atoms with Gasteiger partial charge in [-0.2, -0.15) is 0 Å². The molecule has 0 aromatic heterocycles. The van der Waals surface area contributed by atoms with E-state index in [1.165, 1.54) is 60.8 Å². The van der Waals surface area contributed by atoms with Crippen molar-refractivity contribution in [3.8, 4) is 55.6 Å². The van der Waals surface area contributed by atoms with Crippen LogP contribution in [0.4, 0.5) is 0 Å². The molecule has 1 heteroatoms. The first-order chi connectivity index (χ1) is 20.3. The topological polar surface area (TPSA) is 0 Å². The van der Waals surface area contributed by atoms with Crippen molar-refractivity contribution in [2.45, 2.75) is 0 Å². The second-order valence-electron chi connectivity index (χ2n) is 10.2. The van der Waals surface area contributed by atoms with Crippen molar-refractivity contribution in [1.29, 1.82) is 0 Å². The van der Waals surface area contributed by atoms with Crippen LogP contribution in [0.1, 0.15) is 0 Å². The molecule has 7 aromatic carbocycles. The maximum absolute atomic E-state index is 6.34. The molecule has 7 rings (SSSR count). The van der Waals surface area contributed by atoms with Crippen molar-refractivity contribution in [1.82, 2.24) is 0 Å². The monoisotopic (exact) mass is 542 g/mol. The van der Waals surface area contributed by atoms with Crippen molar-refractivity contribution in [2.24, 2.45) is 0 Å². The molecule has 0 N–H and O–H groups in total. The lowest BCUT2D eigenvalue weighted by atomic mass is 9.77. The molecule has 0 bridgehead atoms. The molecule has 0 nitrogen and oxygen atoms in total. The van der Waals surface area contributed by atoms with Gasteiger partial charge in [0.25, 0.3) is 0 Å². The van der Waals surface area contributed by atoms with Crippen LogP contribution in [0.25, 0.3) is 66.4 Å².